The number of amides is 1. The minimum absolute atomic E-state index is 0.0189. The third-order valence-electron chi connectivity index (χ3n) is 4.89. The summed E-state index contributed by atoms with van der Waals surface area (Å²) in [7, 11) is 0. The maximum Gasteiger partial charge on any atom is 0.234 e. The van der Waals surface area contributed by atoms with Gasteiger partial charge in [-0.05, 0) is 23.8 Å². The van der Waals surface area contributed by atoms with Crippen molar-refractivity contribution in [3.63, 3.8) is 0 Å². The van der Waals surface area contributed by atoms with Gasteiger partial charge in [-0.25, -0.2) is 0 Å². The van der Waals surface area contributed by atoms with E-state index < -0.39 is 0 Å². The average molecular weight is 391 g/mol. The molecule has 6 nitrogen and oxygen atoms in total. The Labute approximate surface area is 165 Å². The first-order chi connectivity index (χ1) is 12.8. The zero-order chi connectivity index (χ0) is 19.4. The van der Waals surface area contributed by atoms with Crippen molar-refractivity contribution in [3.05, 3.63) is 39.9 Å². The number of piperazine rings is 1. The van der Waals surface area contributed by atoms with E-state index in [0.29, 0.717) is 6.54 Å². The van der Waals surface area contributed by atoms with Crippen LogP contribution in [0.5, 0.6) is 0 Å². The van der Waals surface area contributed by atoms with Gasteiger partial charge in [-0.2, -0.15) is 0 Å². The molecule has 148 valence electrons. The molecule has 0 aromatic carbocycles. The number of aryl methyl sites for hydroxylation is 1. The van der Waals surface area contributed by atoms with Crippen LogP contribution in [-0.4, -0.2) is 53.6 Å². The maximum absolute atomic E-state index is 12.7. The Morgan fingerprint density at radius 1 is 1.30 bits per heavy atom. The molecule has 1 atom stereocenters. The largest absolute Gasteiger partial charge is 0.361 e. The fraction of sp³-hybridized carbons (Fsp3) is 0.600. The molecule has 1 aliphatic rings. The number of thiophene rings is 1. The lowest BCUT2D eigenvalue weighted by Gasteiger charge is -2.35. The first kappa shape index (κ1) is 20.0. The minimum atomic E-state index is -0.0189. The molecule has 2 aromatic heterocycles. The highest BCUT2D eigenvalue weighted by molar-refractivity contribution is 7.10. The summed E-state index contributed by atoms with van der Waals surface area (Å²) >= 11 is 1.70. The normalized spacial score (nSPS) is 17.8. The number of rotatable bonds is 6. The number of aromatic nitrogens is 1. The Bertz CT molecular complexity index is 728. The molecule has 1 amide bonds. The van der Waals surface area contributed by atoms with E-state index in [4.69, 9.17) is 4.52 Å². The van der Waals surface area contributed by atoms with Gasteiger partial charge in [-0.1, -0.05) is 32.0 Å². The number of nitrogens with one attached hydrogen (secondary N) is 1. The van der Waals surface area contributed by atoms with Gasteiger partial charge in [0, 0.05) is 43.7 Å². The minimum Gasteiger partial charge on any atom is -0.361 e. The molecule has 0 bridgehead atoms. The SMILES string of the molecule is Cc1cc(CN2CCN(CC(=O)NC(c3cccs3)C(C)(C)C)CC2)no1. The third-order valence-corrected chi connectivity index (χ3v) is 5.83. The molecule has 0 radical (unpaired) electrons. The van der Waals surface area contributed by atoms with E-state index in [1.54, 1.807) is 11.3 Å². The summed E-state index contributed by atoms with van der Waals surface area (Å²) in [6.45, 7) is 13.3. The van der Waals surface area contributed by atoms with Crippen LogP contribution in [0.15, 0.2) is 28.1 Å². The van der Waals surface area contributed by atoms with Crippen LogP contribution in [0.4, 0.5) is 0 Å². The lowest BCUT2D eigenvalue weighted by molar-refractivity contribution is -0.124. The van der Waals surface area contributed by atoms with E-state index >= 15 is 0 Å². The van der Waals surface area contributed by atoms with Crippen molar-refractivity contribution >= 4 is 17.2 Å². The van der Waals surface area contributed by atoms with Crippen molar-refractivity contribution in [1.82, 2.24) is 20.3 Å². The fourth-order valence-corrected chi connectivity index (χ4v) is 4.43. The zero-order valence-electron chi connectivity index (χ0n) is 16.7. The molecule has 1 aliphatic heterocycles. The van der Waals surface area contributed by atoms with Crippen molar-refractivity contribution in [2.75, 3.05) is 32.7 Å². The summed E-state index contributed by atoms with van der Waals surface area (Å²) in [6, 6.07) is 6.17. The van der Waals surface area contributed by atoms with E-state index in [9.17, 15) is 4.79 Å². The summed E-state index contributed by atoms with van der Waals surface area (Å²) in [5.41, 5.74) is 0.956. The van der Waals surface area contributed by atoms with E-state index in [0.717, 1.165) is 44.2 Å². The Morgan fingerprint density at radius 2 is 2.00 bits per heavy atom. The van der Waals surface area contributed by atoms with Crippen LogP contribution in [0.3, 0.4) is 0 Å². The molecular formula is C20H30N4O2S. The molecule has 27 heavy (non-hydrogen) atoms. The highest BCUT2D eigenvalue weighted by Gasteiger charge is 2.29. The Morgan fingerprint density at radius 3 is 2.56 bits per heavy atom. The maximum atomic E-state index is 12.7. The van der Waals surface area contributed by atoms with Crippen LogP contribution in [-0.2, 0) is 11.3 Å². The predicted octanol–water partition coefficient (Wildman–Crippen LogP) is 3.07. The summed E-state index contributed by atoms with van der Waals surface area (Å²) in [4.78, 5) is 18.5. The lowest BCUT2D eigenvalue weighted by Crippen LogP contribution is -2.50. The van der Waals surface area contributed by atoms with E-state index in [2.05, 4.69) is 52.5 Å². The number of carbonyl (C=O) groups excluding carboxylic acids is 1. The molecule has 3 heterocycles. The monoisotopic (exact) mass is 390 g/mol. The molecule has 1 N–H and O–H groups in total. The third kappa shape index (κ3) is 5.64. The van der Waals surface area contributed by atoms with Crippen molar-refractivity contribution in [1.29, 1.82) is 0 Å². The Kier molecular flexibility index (Phi) is 6.34. The number of nitrogens with zero attached hydrogens (tertiary/aromatic N) is 3. The smallest absolute Gasteiger partial charge is 0.234 e. The van der Waals surface area contributed by atoms with Crippen molar-refractivity contribution in [2.45, 2.75) is 40.3 Å². The molecule has 0 saturated carbocycles. The van der Waals surface area contributed by atoms with E-state index in [1.807, 2.05) is 19.1 Å². The molecule has 1 saturated heterocycles. The molecule has 0 aliphatic carbocycles. The van der Waals surface area contributed by atoms with Gasteiger partial charge < -0.3 is 9.84 Å². The predicted molar refractivity (Wildman–Crippen MR) is 108 cm³/mol. The summed E-state index contributed by atoms with van der Waals surface area (Å²) in [5, 5.41) is 9.38. The first-order valence-electron chi connectivity index (χ1n) is 9.51. The zero-order valence-corrected chi connectivity index (χ0v) is 17.5. The van der Waals surface area contributed by atoms with Gasteiger partial charge in [0.05, 0.1) is 18.3 Å². The molecular weight excluding hydrogens is 360 g/mol. The van der Waals surface area contributed by atoms with Crippen LogP contribution in [0, 0.1) is 12.3 Å². The highest BCUT2D eigenvalue weighted by atomic mass is 32.1. The van der Waals surface area contributed by atoms with Crippen molar-refractivity contribution in [3.8, 4) is 0 Å². The fourth-order valence-electron chi connectivity index (χ4n) is 3.41. The van der Waals surface area contributed by atoms with Crippen LogP contribution < -0.4 is 5.32 Å². The molecule has 1 fully saturated rings. The highest BCUT2D eigenvalue weighted by Crippen LogP contribution is 2.35. The van der Waals surface area contributed by atoms with Gasteiger partial charge >= 0.3 is 0 Å². The Hall–Kier alpha value is -1.70. The summed E-state index contributed by atoms with van der Waals surface area (Å²) in [6.07, 6.45) is 0. The Balaban J connectivity index is 1.47. The van der Waals surface area contributed by atoms with E-state index in [-0.39, 0.29) is 17.4 Å². The lowest BCUT2D eigenvalue weighted by atomic mass is 9.85. The van der Waals surface area contributed by atoms with E-state index in [1.165, 1.54) is 4.88 Å². The van der Waals surface area contributed by atoms with Gasteiger partial charge in [0.1, 0.15) is 5.76 Å². The van der Waals surface area contributed by atoms with Crippen LogP contribution in [0.1, 0.15) is 43.1 Å². The first-order valence-corrected chi connectivity index (χ1v) is 10.4. The quantitative estimate of drug-likeness (QED) is 0.821. The topological polar surface area (TPSA) is 61.6 Å². The summed E-state index contributed by atoms with van der Waals surface area (Å²) < 4.78 is 5.14. The van der Waals surface area contributed by atoms with Crippen LogP contribution in [0.25, 0.3) is 0 Å². The van der Waals surface area contributed by atoms with Gasteiger partial charge in [0.2, 0.25) is 5.91 Å². The molecule has 0 spiro atoms. The standard InChI is InChI=1S/C20H30N4O2S/c1-15-12-16(22-26-15)13-23-7-9-24(10-8-23)14-18(25)21-19(20(2,3)4)17-6-5-11-27-17/h5-6,11-12,19H,7-10,13-14H2,1-4H3,(H,21,25). The van der Waals surface area contributed by atoms with Gasteiger partial charge in [-0.15, -0.1) is 11.3 Å². The molecule has 3 rings (SSSR count). The van der Waals surface area contributed by atoms with Crippen LogP contribution in [0.2, 0.25) is 0 Å². The number of hydrogen-bond donors (Lipinski definition) is 1. The second-order valence-electron chi connectivity index (χ2n) is 8.36. The summed E-state index contributed by atoms with van der Waals surface area (Å²) in [5.74, 6) is 0.948. The number of carbonyl (C=O) groups is 1. The second kappa shape index (κ2) is 8.54. The average Bonchev–Trinajstić information content (AvgIpc) is 3.25. The van der Waals surface area contributed by atoms with Gasteiger partial charge in [-0.3, -0.25) is 14.6 Å². The number of hydrogen-bond acceptors (Lipinski definition) is 6. The van der Waals surface area contributed by atoms with Crippen molar-refractivity contribution < 1.29 is 9.32 Å². The van der Waals surface area contributed by atoms with Crippen LogP contribution >= 0.6 is 11.3 Å². The van der Waals surface area contributed by atoms with Gasteiger partial charge in [0.25, 0.3) is 0 Å². The second-order valence-corrected chi connectivity index (χ2v) is 9.34. The molecule has 7 heteroatoms. The molecule has 2 aromatic rings. The van der Waals surface area contributed by atoms with Crippen molar-refractivity contribution in [2.24, 2.45) is 5.41 Å². The van der Waals surface area contributed by atoms with Gasteiger partial charge in [0.15, 0.2) is 0 Å². The molecule has 1 unspecified atom stereocenters.